The van der Waals surface area contributed by atoms with Gasteiger partial charge in [0.2, 0.25) is 0 Å². The Morgan fingerprint density at radius 3 is 2.63 bits per heavy atom. The number of nitrogens with one attached hydrogen (secondary N) is 1. The van der Waals surface area contributed by atoms with Gasteiger partial charge in [0.25, 0.3) is 5.91 Å². The number of halogens is 2. The highest BCUT2D eigenvalue weighted by molar-refractivity contribution is 5.94. The Morgan fingerprint density at radius 1 is 1.21 bits per heavy atom. The van der Waals surface area contributed by atoms with Gasteiger partial charge in [0.15, 0.2) is 0 Å². The van der Waals surface area contributed by atoms with Crippen molar-refractivity contribution in [2.75, 3.05) is 0 Å². The lowest BCUT2D eigenvalue weighted by molar-refractivity contribution is 0.0955. The zero-order valence-electron chi connectivity index (χ0n) is 9.68. The largest absolute Gasteiger partial charge is 0.271 e. The second-order valence-electron chi connectivity index (χ2n) is 3.60. The Morgan fingerprint density at radius 2 is 1.95 bits per heavy atom. The first-order valence-corrected chi connectivity index (χ1v) is 5.35. The Kier molecular flexibility index (Phi) is 3.92. The maximum Gasteiger partial charge on any atom is 0.271 e. The van der Waals surface area contributed by atoms with Crippen LogP contribution in [0.15, 0.2) is 47.8 Å². The van der Waals surface area contributed by atoms with Gasteiger partial charge in [-0.15, -0.1) is 0 Å². The van der Waals surface area contributed by atoms with Crippen molar-refractivity contribution < 1.29 is 13.6 Å². The number of rotatable bonds is 3. The van der Waals surface area contributed by atoms with E-state index < -0.39 is 17.5 Å². The van der Waals surface area contributed by atoms with E-state index in [1.807, 2.05) is 0 Å². The van der Waals surface area contributed by atoms with E-state index in [1.165, 1.54) is 30.6 Å². The summed E-state index contributed by atoms with van der Waals surface area (Å²) in [4.78, 5) is 15.3. The number of nitrogens with zero attached hydrogens (tertiary/aromatic N) is 2. The van der Waals surface area contributed by atoms with Crippen LogP contribution in [0.5, 0.6) is 0 Å². The van der Waals surface area contributed by atoms with Crippen molar-refractivity contribution in [3.8, 4) is 0 Å². The summed E-state index contributed by atoms with van der Waals surface area (Å²) in [7, 11) is 0. The van der Waals surface area contributed by atoms with Crippen LogP contribution in [0, 0.1) is 11.6 Å². The third-order valence-corrected chi connectivity index (χ3v) is 2.27. The zero-order chi connectivity index (χ0) is 13.7. The van der Waals surface area contributed by atoms with Crippen LogP contribution in [-0.2, 0) is 0 Å². The van der Waals surface area contributed by atoms with Gasteiger partial charge in [-0.25, -0.2) is 14.2 Å². The van der Waals surface area contributed by atoms with E-state index in [2.05, 4.69) is 15.5 Å². The molecule has 1 aromatic carbocycles. The molecule has 0 unspecified atom stereocenters. The number of carbonyl (C=O) groups is 1. The molecule has 19 heavy (non-hydrogen) atoms. The molecule has 0 radical (unpaired) electrons. The Hall–Kier alpha value is -2.63. The molecule has 6 heteroatoms. The normalized spacial score (nSPS) is 10.6. The predicted octanol–water partition coefficient (Wildman–Crippen LogP) is 2.12. The summed E-state index contributed by atoms with van der Waals surface area (Å²) < 4.78 is 25.9. The second kappa shape index (κ2) is 5.81. The molecule has 0 atom stereocenters. The van der Waals surface area contributed by atoms with Crippen LogP contribution in [0.3, 0.4) is 0 Å². The minimum absolute atomic E-state index is 0.0800. The topological polar surface area (TPSA) is 54.4 Å². The molecule has 1 aromatic heterocycles. The maximum absolute atomic E-state index is 13.2. The molecular formula is C13H9F2N3O. The molecule has 4 nitrogen and oxygen atoms in total. The van der Waals surface area contributed by atoms with Gasteiger partial charge >= 0.3 is 0 Å². The predicted molar refractivity (Wildman–Crippen MR) is 65.7 cm³/mol. The summed E-state index contributed by atoms with van der Waals surface area (Å²) in [6.45, 7) is 0. The average molecular weight is 261 g/mol. The summed E-state index contributed by atoms with van der Waals surface area (Å²) in [5, 5.41) is 3.60. The summed E-state index contributed by atoms with van der Waals surface area (Å²) in [6.07, 6.45) is 4.05. The van der Waals surface area contributed by atoms with Gasteiger partial charge in [-0.2, -0.15) is 5.10 Å². The third kappa shape index (κ3) is 3.41. The molecular weight excluding hydrogens is 252 g/mol. The monoisotopic (exact) mass is 261 g/mol. The lowest BCUT2D eigenvalue weighted by Gasteiger charge is -1.99. The minimum Gasteiger partial charge on any atom is -0.267 e. The number of aromatic nitrogens is 1. The Balaban J connectivity index is 2.02. The molecule has 96 valence electrons. The van der Waals surface area contributed by atoms with Crippen LogP contribution in [-0.4, -0.2) is 17.1 Å². The Labute approximate surface area is 107 Å². The van der Waals surface area contributed by atoms with Crippen LogP contribution < -0.4 is 5.43 Å². The van der Waals surface area contributed by atoms with E-state index in [0.717, 1.165) is 18.3 Å². The molecule has 0 aliphatic heterocycles. The number of pyridine rings is 1. The van der Waals surface area contributed by atoms with Gasteiger partial charge in [0.05, 0.1) is 6.21 Å². The smallest absolute Gasteiger partial charge is 0.267 e. The molecule has 2 aromatic rings. The number of carbonyl (C=O) groups excluding carboxylic acids is 1. The molecule has 0 saturated heterocycles. The van der Waals surface area contributed by atoms with Crippen molar-refractivity contribution in [2.24, 2.45) is 5.10 Å². The molecule has 0 aliphatic rings. The standard InChI is InChI=1S/C13H9F2N3O/c14-11-2-1-10(12(15)7-11)8-17-18-13(19)9-3-5-16-6-4-9/h1-8H,(H,18,19). The van der Waals surface area contributed by atoms with Crippen molar-refractivity contribution in [2.45, 2.75) is 0 Å². The number of benzene rings is 1. The molecule has 1 amide bonds. The molecule has 2 rings (SSSR count). The minimum atomic E-state index is -0.748. The summed E-state index contributed by atoms with van der Waals surface area (Å²) >= 11 is 0. The molecule has 1 N–H and O–H groups in total. The first-order valence-electron chi connectivity index (χ1n) is 5.35. The summed E-state index contributed by atoms with van der Waals surface area (Å²) in [5.74, 6) is -1.86. The highest BCUT2D eigenvalue weighted by Gasteiger charge is 2.03. The van der Waals surface area contributed by atoms with Crippen molar-refractivity contribution in [1.29, 1.82) is 0 Å². The molecule has 0 spiro atoms. The third-order valence-electron chi connectivity index (χ3n) is 2.27. The van der Waals surface area contributed by atoms with E-state index in [1.54, 1.807) is 0 Å². The zero-order valence-corrected chi connectivity index (χ0v) is 9.68. The van der Waals surface area contributed by atoms with Crippen LogP contribution in [0.1, 0.15) is 15.9 Å². The van der Waals surface area contributed by atoms with Crippen molar-refractivity contribution in [3.63, 3.8) is 0 Å². The molecule has 0 fully saturated rings. The molecule has 1 heterocycles. The lowest BCUT2D eigenvalue weighted by Crippen LogP contribution is -2.17. The fourth-order valence-electron chi connectivity index (χ4n) is 1.33. The number of hydrogen-bond acceptors (Lipinski definition) is 3. The SMILES string of the molecule is O=C(NN=Cc1ccc(F)cc1F)c1ccncc1. The van der Waals surface area contributed by atoms with Gasteiger partial charge in [-0.05, 0) is 24.3 Å². The highest BCUT2D eigenvalue weighted by atomic mass is 19.1. The maximum atomic E-state index is 13.2. The quantitative estimate of drug-likeness (QED) is 0.679. The summed E-state index contributed by atoms with van der Waals surface area (Å²) in [6, 6.07) is 6.11. The van der Waals surface area contributed by atoms with Crippen molar-refractivity contribution in [3.05, 3.63) is 65.5 Å². The van der Waals surface area contributed by atoms with Gasteiger partial charge < -0.3 is 0 Å². The fraction of sp³-hybridized carbons (Fsp3) is 0. The van der Waals surface area contributed by atoms with Gasteiger partial charge in [-0.1, -0.05) is 0 Å². The first kappa shape index (κ1) is 12.8. The summed E-state index contributed by atoms with van der Waals surface area (Å²) in [5.41, 5.74) is 2.69. The van der Waals surface area contributed by atoms with Crippen molar-refractivity contribution >= 4 is 12.1 Å². The average Bonchev–Trinajstić information content (AvgIpc) is 2.42. The van der Waals surface area contributed by atoms with Gasteiger partial charge in [0, 0.05) is 29.6 Å². The number of hydrazone groups is 1. The number of amides is 1. The van der Waals surface area contributed by atoms with E-state index in [4.69, 9.17) is 0 Å². The van der Waals surface area contributed by atoms with Gasteiger partial charge in [0.1, 0.15) is 11.6 Å². The molecule has 0 saturated carbocycles. The van der Waals surface area contributed by atoms with E-state index >= 15 is 0 Å². The first-order chi connectivity index (χ1) is 9.16. The number of hydrogen-bond donors (Lipinski definition) is 1. The van der Waals surface area contributed by atoms with Crippen LogP contribution in [0.4, 0.5) is 8.78 Å². The van der Waals surface area contributed by atoms with Crippen LogP contribution in [0.2, 0.25) is 0 Å². The highest BCUT2D eigenvalue weighted by Crippen LogP contribution is 2.06. The molecule has 0 bridgehead atoms. The fourth-order valence-corrected chi connectivity index (χ4v) is 1.33. The van der Waals surface area contributed by atoms with E-state index in [0.29, 0.717) is 5.56 Å². The van der Waals surface area contributed by atoms with Crippen LogP contribution >= 0.6 is 0 Å². The van der Waals surface area contributed by atoms with E-state index in [9.17, 15) is 13.6 Å². The Bertz CT molecular complexity index is 615. The lowest BCUT2D eigenvalue weighted by atomic mass is 10.2. The van der Waals surface area contributed by atoms with E-state index in [-0.39, 0.29) is 5.56 Å². The van der Waals surface area contributed by atoms with Gasteiger partial charge in [-0.3, -0.25) is 9.78 Å². The van der Waals surface area contributed by atoms with Crippen molar-refractivity contribution in [1.82, 2.24) is 10.4 Å². The van der Waals surface area contributed by atoms with Crippen LogP contribution in [0.25, 0.3) is 0 Å². The second-order valence-corrected chi connectivity index (χ2v) is 3.60. The molecule has 0 aliphatic carbocycles.